The van der Waals surface area contributed by atoms with E-state index in [1.807, 2.05) is 44.2 Å². The number of hydrogen-bond acceptors (Lipinski definition) is 6. The van der Waals surface area contributed by atoms with E-state index in [0.717, 1.165) is 21.7 Å². The number of carbonyl (C=O) groups excluding carboxylic acids is 1. The molecule has 0 spiro atoms. The van der Waals surface area contributed by atoms with Gasteiger partial charge in [-0.05, 0) is 44.6 Å². The summed E-state index contributed by atoms with van der Waals surface area (Å²) in [6.07, 6.45) is 1.65. The van der Waals surface area contributed by atoms with E-state index in [1.54, 1.807) is 19.2 Å². The molecule has 28 heavy (non-hydrogen) atoms. The van der Waals surface area contributed by atoms with Gasteiger partial charge in [-0.25, -0.2) is 14.8 Å². The van der Waals surface area contributed by atoms with Crippen LogP contribution in [-0.4, -0.2) is 27.7 Å². The maximum absolute atomic E-state index is 12.7. The zero-order valence-electron chi connectivity index (χ0n) is 15.8. The molecule has 2 N–H and O–H groups in total. The Kier molecular flexibility index (Phi) is 6.33. The van der Waals surface area contributed by atoms with Crippen LogP contribution in [-0.2, 0) is 4.74 Å². The first-order chi connectivity index (χ1) is 13.5. The van der Waals surface area contributed by atoms with Crippen molar-refractivity contribution >= 4 is 45.6 Å². The highest BCUT2D eigenvalue weighted by Gasteiger charge is 2.25. The van der Waals surface area contributed by atoms with E-state index in [9.17, 15) is 4.79 Å². The van der Waals surface area contributed by atoms with Crippen LogP contribution in [0, 0.1) is 13.8 Å². The molecular formula is C20H20N4O2S2. The van der Waals surface area contributed by atoms with Crippen molar-refractivity contribution in [2.45, 2.75) is 20.8 Å². The molecule has 0 aliphatic heterocycles. The minimum absolute atomic E-state index is 0.293. The third kappa shape index (κ3) is 4.52. The Hall–Kier alpha value is -2.84. The van der Waals surface area contributed by atoms with Crippen molar-refractivity contribution in [2.75, 3.05) is 17.2 Å². The van der Waals surface area contributed by atoms with E-state index >= 15 is 0 Å². The van der Waals surface area contributed by atoms with E-state index in [2.05, 4.69) is 20.6 Å². The number of nitrogens with zero attached hydrogens (tertiary/aromatic N) is 2. The van der Waals surface area contributed by atoms with E-state index < -0.39 is 0 Å². The van der Waals surface area contributed by atoms with Gasteiger partial charge in [0.2, 0.25) is 5.95 Å². The number of ether oxygens (including phenoxy) is 1. The molecule has 0 fully saturated rings. The average Bonchev–Trinajstić information content (AvgIpc) is 2.98. The second-order valence-corrected chi connectivity index (χ2v) is 7.56. The number of thiophene rings is 1. The van der Waals surface area contributed by atoms with Gasteiger partial charge in [-0.3, -0.25) is 0 Å². The normalized spacial score (nSPS) is 10.4. The predicted octanol–water partition coefficient (Wildman–Crippen LogP) is 4.81. The highest BCUT2D eigenvalue weighted by Crippen LogP contribution is 2.40. The molecule has 1 aromatic carbocycles. The fourth-order valence-corrected chi connectivity index (χ4v) is 4.05. The van der Waals surface area contributed by atoms with Crippen LogP contribution in [0.5, 0.6) is 0 Å². The summed E-state index contributed by atoms with van der Waals surface area (Å²) in [6, 6.07) is 11.6. The number of aromatic nitrogens is 2. The van der Waals surface area contributed by atoms with E-state index in [-0.39, 0.29) is 5.97 Å². The molecule has 0 unspecified atom stereocenters. The summed E-state index contributed by atoms with van der Waals surface area (Å²) in [6.45, 7) is 5.92. The molecular weight excluding hydrogens is 392 g/mol. The topological polar surface area (TPSA) is 76.1 Å². The second-order valence-electron chi connectivity index (χ2n) is 5.92. The lowest BCUT2D eigenvalue weighted by Crippen LogP contribution is -2.21. The van der Waals surface area contributed by atoms with Crippen molar-refractivity contribution in [2.24, 2.45) is 0 Å². The lowest BCUT2D eigenvalue weighted by molar-refractivity contribution is 0.0529. The Morgan fingerprint density at radius 2 is 1.93 bits per heavy atom. The van der Waals surface area contributed by atoms with Crippen LogP contribution in [0.1, 0.15) is 27.9 Å². The zero-order chi connectivity index (χ0) is 20.1. The third-order valence-electron chi connectivity index (χ3n) is 3.87. The molecule has 0 bridgehead atoms. The molecule has 0 aliphatic carbocycles. The Morgan fingerprint density at radius 3 is 2.61 bits per heavy atom. The van der Waals surface area contributed by atoms with Crippen LogP contribution in [0.25, 0.3) is 11.1 Å². The van der Waals surface area contributed by atoms with Crippen molar-refractivity contribution in [3.8, 4) is 11.1 Å². The summed E-state index contributed by atoms with van der Waals surface area (Å²) in [5, 5.41) is 6.99. The van der Waals surface area contributed by atoms with Gasteiger partial charge in [-0.1, -0.05) is 30.3 Å². The van der Waals surface area contributed by atoms with Gasteiger partial charge in [0.05, 0.1) is 6.61 Å². The molecule has 8 heteroatoms. The molecule has 0 saturated heterocycles. The Morgan fingerprint density at radius 1 is 1.18 bits per heavy atom. The fourth-order valence-electron chi connectivity index (χ4n) is 2.73. The molecule has 0 atom stereocenters. The molecule has 6 nitrogen and oxygen atoms in total. The molecule has 2 heterocycles. The molecule has 3 rings (SSSR count). The van der Waals surface area contributed by atoms with Crippen molar-refractivity contribution in [1.29, 1.82) is 0 Å². The minimum Gasteiger partial charge on any atom is -0.462 e. The van der Waals surface area contributed by atoms with Gasteiger partial charge in [0, 0.05) is 22.3 Å². The number of aryl methyl sites for hydroxylation is 2. The van der Waals surface area contributed by atoms with Gasteiger partial charge in [0.25, 0.3) is 0 Å². The molecule has 0 radical (unpaired) electrons. The fraction of sp³-hybridized carbons (Fsp3) is 0.200. The first-order valence-corrected chi connectivity index (χ1v) is 9.95. The van der Waals surface area contributed by atoms with Crippen molar-refractivity contribution < 1.29 is 9.53 Å². The van der Waals surface area contributed by atoms with Crippen LogP contribution < -0.4 is 10.6 Å². The van der Waals surface area contributed by atoms with Crippen LogP contribution in [0.2, 0.25) is 0 Å². The number of anilines is 2. The van der Waals surface area contributed by atoms with Crippen molar-refractivity contribution in [1.82, 2.24) is 9.97 Å². The first kappa shape index (κ1) is 19.9. The largest absolute Gasteiger partial charge is 0.462 e. The monoisotopic (exact) mass is 412 g/mol. The number of thiocarbonyl (C=S) groups is 1. The van der Waals surface area contributed by atoms with Crippen molar-refractivity contribution in [3.63, 3.8) is 0 Å². The smallest absolute Gasteiger partial charge is 0.341 e. The maximum Gasteiger partial charge on any atom is 0.341 e. The van der Waals surface area contributed by atoms with Crippen LogP contribution >= 0.6 is 23.6 Å². The van der Waals surface area contributed by atoms with Crippen LogP contribution in [0.3, 0.4) is 0 Å². The number of rotatable bonds is 5. The number of benzene rings is 1. The molecule has 144 valence electrons. The summed E-state index contributed by atoms with van der Waals surface area (Å²) < 4.78 is 5.30. The molecule has 2 aromatic heterocycles. The lowest BCUT2D eigenvalue weighted by atomic mass is 10.0. The standard InChI is InChI=1S/C20H20N4O2S2/c1-4-26-18(25)16-15(14-8-6-5-7-9-14)13(3)28-17(16)23-20(27)24-19-21-11-10-12(2)22-19/h5-11H,4H2,1-3H3,(H2,21,22,23,24,27). The second kappa shape index (κ2) is 8.90. The molecule has 0 aliphatic rings. The van der Waals surface area contributed by atoms with Gasteiger partial charge in [0.15, 0.2) is 5.11 Å². The van der Waals surface area contributed by atoms with Gasteiger partial charge >= 0.3 is 5.97 Å². The Balaban J connectivity index is 1.94. The molecule has 3 aromatic rings. The summed E-state index contributed by atoms with van der Waals surface area (Å²) in [4.78, 5) is 22.1. The highest BCUT2D eigenvalue weighted by molar-refractivity contribution is 7.80. The average molecular weight is 413 g/mol. The Labute approximate surface area is 173 Å². The van der Waals surface area contributed by atoms with Gasteiger partial charge in [-0.2, -0.15) is 0 Å². The highest BCUT2D eigenvalue weighted by atomic mass is 32.1. The summed E-state index contributed by atoms with van der Waals surface area (Å²) >= 11 is 6.85. The number of nitrogens with one attached hydrogen (secondary N) is 2. The molecule has 0 saturated carbocycles. The SMILES string of the molecule is CCOC(=O)c1c(NC(=S)Nc2nccc(C)n2)sc(C)c1-c1ccccc1. The predicted molar refractivity (Wildman–Crippen MR) is 117 cm³/mol. The Bertz CT molecular complexity index is 1000. The van der Waals surface area contributed by atoms with Gasteiger partial charge in [0.1, 0.15) is 10.6 Å². The zero-order valence-corrected chi connectivity index (χ0v) is 17.4. The van der Waals surface area contributed by atoms with E-state index in [4.69, 9.17) is 17.0 Å². The van der Waals surface area contributed by atoms with Crippen molar-refractivity contribution in [3.05, 3.63) is 58.7 Å². The quantitative estimate of drug-likeness (QED) is 0.460. The number of hydrogen-bond donors (Lipinski definition) is 2. The number of esters is 1. The minimum atomic E-state index is -0.386. The first-order valence-electron chi connectivity index (χ1n) is 8.73. The van der Waals surface area contributed by atoms with Gasteiger partial charge in [-0.15, -0.1) is 11.3 Å². The summed E-state index contributed by atoms with van der Waals surface area (Å²) in [5.74, 6) is 0.00885. The maximum atomic E-state index is 12.7. The number of carbonyl (C=O) groups is 1. The van der Waals surface area contributed by atoms with E-state index in [0.29, 0.717) is 28.2 Å². The molecule has 0 amide bonds. The van der Waals surface area contributed by atoms with Gasteiger partial charge < -0.3 is 15.4 Å². The van der Waals surface area contributed by atoms with E-state index in [1.165, 1.54) is 11.3 Å². The lowest BCUT2D eigenvalue weighted by Gasteiger charge is -2.11. The summed E-state index contributed by atoms with van der Waals surface area (Å²) in [7, 11) is 0. The van der Waals surface area contributed by atoms with Crippen LogP contribution in [0.4, 0.5) is 10.9 Å². The third-order valence-corrected chi connectivity index (χ3v) is 5.10. The van der Waals surface area contributed by atoms with Crippen LogP contribution in [0.15, 0.2) is 42.6 Å². The summed E-state index contributed by atoms with van der Waals surface area (Å²) in [5.41, 5.74) is 3.10.